The predicted molar refractivity (Wildman–Crippen MR) is 145 cm³/mol. The first-order valence-electron chi connectivity index (χ1n) is 12.3. The van der Waals surface area contributed by atoms with Crippen molar-refractivity contribution in [2.75, 3.05) is 11.9 Å². The average molecular weight is 499 g/mol. The minimum atomic E-state index is -0.618. The number of carbonyl (C=O) groups excluding carboxylic acids is 2. The maximum Gasteiger partial charge on any atom is 0.336 e. The van der Waals surface area contributed by atoms with Gasteiger partial charge >= 0.3 is 5.69 Å². The summed E-state index contributed by atoms with van der Waals surface area (Å²) in [4.78, 5) is 51.9. The van der Waals surface area contributed by atoms with Crippen LogP contribution < -0.4 is 21.9 Å². The number of hydrogen-bond donors (Lipinski definition) is 2. The fourth-order valence-corrected chi connectivity index (χ4v) is 4.37. The largest absolute Gasteiger partial charge is 0.356 e. The maximum absolute atomic E-state index is 13.6. The van der Waals surface area contributed by atoms with Crippen LogP contribution in [0.5, 0.6) is 0 Å². The smallest absolute Gasteiger partial charge is 0.336 e. The van der Waals surface area contributed by atoms with Crippen molar-refractivity contribution in [2.45, 2.75) is 40.2 Å². The first-order chi connectivity index (χ1) is 17.8. The van der Waals surface area contributed by atoms with Gasteiger partial charge < -0.3 is 10.6 Å². The van der Waals surface area contributed by atoms with Crippen LogP contribution in [0.3, 0.4) is 0 Å². The van der Waals surface area contributed by atoms with E-state index in [4.69, 9.17) is 0 Å². The molecule has 0 aliphatic carbocycles. The molecule has 37 heavy (non-hydrogen) atoms. The molecule has 1 aromatic heterocycles. The molecule has 0 saturated carbocycles. The van der Waals surface area contributed by atoms with Crippen molar-refractivity contribution in [1.29, 1.82) is 0 Å². The molecule has 4 rings (SSSR count). The number of benzene rings is 3. The molecular formula is C29H30N4O4. The van der Waals surface area contributed by atoms with Crippen LogP contribution in [0.25, 0.3) is 16.6 Å². The molecule has 0 spiro atoms. The topological polar surface area (TPSA) is 102 Å². The Morgan fingerprint density at radius 2 is 1.54 bits per heavy atom. The van der Waals surface area contributed by atoms with Gasteiger partial charge in [0.1, 0.15) is 6.54 Å². The molecule has 2 N–H and O–H groups in total. The zero-order valence-electron chi connectivity index (χ0n) is 21.2. The van der Waals surface area contributed by atoms with Crippen LogP contribution in [0.15, 0.2) is 76.3 Å². The lowest BCUT2D eigenvalue weighted by molar-refractivity contribution is -0.120. The molecule has 0 bridgehead atoms. The normalized spacial score (nSPS) is 10.9. The van der Waals surface area contributed by atoms with Gasteiger partial charge in [0.15, 0.2) is 0 Å². The van der Waals surface area contributed by atoms with E-state index in [2.05, 4.69) is 10.6 Å². The van der Waals surface area contributed by atoms with Gasteiger partial charge in [-0.15, -0.1) is 0 Å². The summed E-state index contributed by atoms with van der Waals surface area (Å²) >= 11 is 0. The molecule has 0 unspecified atom stereocenters. The van der Waals surface area contributed by atoms with Crippen LogP contribution in [-0.2, 0) is 22.6 Å². The fraction of sp³-hybridized carbons (Fsp3) is 0.241. The van der Waals surface area contributed by atoms with Crippen LogP contribution in [0, 0.1) is 13.8 Å². The highest BCUT2D eigenvalue weighted by atomic mass is 16.2. The van der Waals surface area contributed by atoms with E-state index < -0.39 is 11.2 Å². The number of anilines is 1. The minimum Gasteiger partial charge on any atom is -0.356 e. The second-order valence-corrected chi connectivity index (χ2v) is 9.14. The summed E-state index contributed by atoms with van der Waals surface area (Å²) in [7, 11) is 0. The molecule has 190 valence electrons. The Balaban J connectivity index is 1.69. The number of aromatic nitrogens is 2. The van der Waals surface area contributed by atoms with Gasteiger partial charge in [-0.1, -0.05) is 37.3 Å². The van der Waals surface area contributed by atoms with Crippen molar-refractivity contribution in [2.24, 2.45) is 0 Å². The van der Waals surface area contributed by atoms with Crippen molar-refractivity contribution in [3.63, 3.8) is 0 Å². The summed E-state index contributed by atoms with van der Waals surface area (Å²) in [5.74, 6) is -0.467. The number of para-hydroxylation sites is 1. The Kier molecular flexibility index (Phi) is 7.67. The first-order valence-corrected chi connectivity index (χ1v) is 12.3. The third-order valence-corrected chi connectivity index (χ3v) is 5.99. The second-order valence-electron chi connectivity index (χ2n) is 9.14. The molecule has 2 amide bonds. The third kappa shape index (κ3) is 5.86. The number of hydrogen-bond acceptors (Lipinski definition) is 4. The molecular weight excluding hydrogens is 468 g/mol. The number of nitrogens with one attached hydrogen (secondary N) is 2. The van der Waals surface area contributed by atoms with Crippen molar-refractivity contribution >= 4 is 28.4 Å². The molecule has 0 aliphatic heterocycles. The van der Waals surface area contributed by atoms with E-state index in [0.717, 1.165) is 27.7 Å². The quantitative estimate of drug-likeness (QED) is 0.388. The average Bonchev–Trinajstić information content (AvgIpc) is 2.86. The standard InChI is InChI=1S/C29H30N4O4/c1-4-13-30-26(34)17-21-9-11-23(12-10-21)33-28(36)24-7-5-6-8-25(24)32(29(33)37)18-27(35)31-22-15-19(2)14-20(3)16-22/h5-12,14-16H,4,13,17-18H2,1-3H3,(H,30,34)(H,31,35). The van der Waals surface area contributed by atoms with Crippen LogP contribution in [-0.4, -0.2) is 27.5 Å². The summed E-state index contributed by atoms with van der Waals surface area (Å²) in [6.07, 6.45) is 1.06. The monoisotopic (exact) mass is 498 g/mol. The summed E-state index contributed by atoms with van der Waals surface area (Å²) < 4.78 is 2.37. The van der Waals surface area contributed by atoms with E-state index in [9.17, 15) is 19.2 Å². The maximum atomic E-state index is 13.6. The van der Waals surface area contributed by atoms with E-state index in [0.29, 0.717) is 28.8 Å². The predicted octanol–water partition coefficient (Wildman–Crippen LogP) is 3.48. The molecule has 0 aliphatic rings. The number of rotatable bonds is 8. The third-order valence-electron chi connectivity index (χ3n) is 5.99. The minimum absolute atomic E-state index is 0.0883. The van der Waals surface area contributed by atoms with Crippen molar-refractivity contribution < 1.29 is 9.59 Å². The van der Waals surface area contributed by atoms with E-state index in [-0.39, 0.29) is 24.8 Å². The highest BCUT2D eigenvalue weighted by Gasteiger charge is 2.17. The van der Waals surface area contributed by atoms with Gasteiger partial charge in [0.25, 0.3) is 5.56 Å². The zero-order valence-corrected chi connectivity index (χ0v) is 21.2. The van der Waals surface area contributed by atoms with Crippen LogP contribution in [0.2, 0.25) is 0 Å². The summed E-state index contributed by atoms with van der Waals surface area (Å²) in [5.41, 5.74) is 3.09. The molecule has 0 radical (unpaired) electrons. The van der Waals surface area contributed by atoms with Gasteiger partial charge in [-0.2, -0.15) is 0 Å². The van der Waals surface area contributed by atoms with Gasteiger partial charge in [-0.05, 0) is 73.4 Å². The van der Waals surface area contributed by atoms with Gasteiger partial charge in [0, 0.05) is 12.2 Å². The number of fused-ring (bicyclic) bond motifs is 1. The molecule has 1 heterocycles. The van der Waals surface area contributed by atoms with Gasteiger partial charge in [-0.25, -0.2) is 9.36 Å². The van der Waals surface area contributed by atoms with E-state index >= 15 is 0 Å². The molecule has 0 atom stereocenters. The molecule has 8 nitrogen and oxygen atoms in total. The Labute approximate surface area is 214 Å². The molecule has 3 aromatic carbocycles. The lowest BCUT2D eigenvalue weighted by atomic mass is 10.1. The highest BCUT2D eigenvalue weighted by Crippen LogP contribution is 2.15. The molecule has 8 heteroatoms. The number of amides is 2. The summed E-state index contributed by atoms with van der Waals surface area (Å²) in [6.45, 7) is 6.22. The molecule has 4 aromatic rings. The summed E-state index contributed by atoms with van der Waals surface area (Å²) in [5, 5.41) is 6.01. The highest BCUT2D eigenvalue weighted by molar-refractivity contribution is 5.92. The van der Waals surface area contributed by atoms with E-state index in [1.54, 1.807) is 48.5 Å². The van der Waals surface area contributed by atoms with Crippen molar-refractivity contribution in [3.8, 4) is 5.69 Å². The number of nitrogens with zero attached hydrogens (tertiary/aromatic N) is 2. The Hall–Kier alpha value is -4.46. The van der Waals surface area contributed by atoms with Gasteiger partial charge in [-0.3, -0.25) is 19.0 Å². The Morgan fingerprint density at radius 3 is 2.22 bits per heavy atom. The second kappa shape index (κ2) is 11.1. The fourth-order valence-electron chi connectivity index (χ4n) is 4.37. The molecule has 0 saturated heterocycles. The van der Waals surface area contributed by atoms with Gasteiger partial charge in [0.05, 0.1) is 23.0 Å². The number of aryl methyl sites for hydroxylation is 2. The lowest BCUT2D eigenvalue weighted by Crippen LogP contribution is -2.40. The van der Waals surface area contributed by atoms with Crippen LogP contribution in [0.4, 0.5) is 5.69 Å². The first kappa shape index (κ1) is 25.6. The van der Waals surface area contributed by atoms with E-state index in [1.807, 2.05) is 39.0 Å². The Morgan fingerprint density at radius 1 is 0.865 bits per heavy atom. The van der Waals surface area contributed by atoms with Crippen molar-refractivity contribution in [1.82, 2.24) is 14.5 Å². The van der Waals surface area contributed by atoms with Crippen LogP contribution >= 0.6 is 0 Å². The van der Waals surface area contributed by atoms with E-state index in [1.165, 1.54) is 4.57 Å². The molecule has 0 fully saturated rings. The number of carbonyl (C=O) groups is 2. The lowest BCUT2D eigenvalue weighted by Gasteiger charge is -2.15. The van der Waals surface area contributed by atoms with Gasteiger partial charge in [0.2, 0.25) is 11.8 Å². The summed E-state index contributed by atoms with van der Waals surface area (Å²) in [6, 6.07) is 19.2. The Bertz CT molecular complexity index is 1560. The zero-order chi connectivity index (χ0) is 26.5. The van der Waals surface area contributed by atoms with Crippen molar-refractivity contribution in [3.05, 3.63) is 104 Å². The van der Waals surface area contributed by atoms with Crippen LogP contribution in [0.1, 0.15) is 30.0 Å². The SMILES string of the molecule is CCCNC(=O)Cc1ccc(-n2c(=O)c3ccccc3n(CC(=O)Nc3cc(C)cc(C)c3)c2=O)cc1.